The second-order valence-corrected chi connectivity index (χ2v) is 8.99. The van der Waals surface area contributed by atoms with Crippen LogP contribution in [0.15, 0.2) is 5.11 Å². The molecule has 26 heavy (non-hydrogen) atoms. The Balaban J connectivity index is 5.18. The van der Waals surface area contributed by atoms with Crippen LogP contribution in [0, 0.1) is 0 Å². The summed E-state index contributed by atoms with van der Waals surface area (Å²) in [7, 11) is -2.84. The van der Waals surface area contributed by atoms with E-state index in [0.717, 1.165) is 12.8 Å². The molecule has 0 heterocycles. The maximum Gasteiger partial charge on any atom is 0.306 e. The van der Waals surface area contributed by atoms with Crippen molar-refractivity contribution >= 4 is 19.3 Å². The number of carbonyl (C=O) groups is 2. The van der Waals surface area contributed by atoms with Crippen LogP contribution in [0.1, 0.15) is 52.4 Å². The normalized spacial score (nSPS) is 13.4. The molecule has 150 valence electrons. The van der Waals surface area contributed by atoms with Gasteiger partial charge in [-0.3, -0.25) is 14.2 Å². The van der Waals surface area contributed by atoms with Crippen molar-refractivity contribution in [2.45, 2.75) is 64.6 Å². The smallest absolute Gasteiger partial charge is 0.306 e. The van der Waals surface area contributed by atoms with Gasteiger partial charge in [0.25, 0.3) is 0 Å². The zero-order chi connectivity index (χ0) is 20.0. The van der Waals surface area contributed by atoms with E-state index < -0.39 is 31.5 Å². The fourth-order valence-electron chi connectivity index (χ4n) is 1.92. The van der Waals surface area contributed by atoms with E-state index in [4.69, 9.17) is 19.5 Å². The Hall–Kier alpha value is -1.56. The molecule has 0 unspecified atom stereocenters. The highest BCUT2D eigenvalue weighted by atomic mass is 31.2. The molecule has 0 bridgehead atoms. The fourth-order valence-corrected chi connectivity index (χ4v) is 2.42. The average molecular weight is 391 g/mol. The van der Waals surface area contributed by atoms with Crippen LogP contribution in [-0.4, -0.2) is 50.6 Å². The van der Waals surface area contributed by atoms with Gasteiger partial charge in [0.2, 0.25) is 0 Å². The first-order valence-electron chi connectivity index (χ1n) is 8.82. The molecule has 9 nitrogen and oxygen atoms in total. The summed E-state index contributed by atoms with van der Waals surface area (Å²) in [6.45, 7) is 6.32. The second-order valence-electron chi connectivity index (χ2n) is 6.22. The SMILES string of the molecule is CCCCC(=O)O[C@@H](CN=[N+]=[N-])[C@H](COP(C)(C)=O)OC(=O)CCCC. The van der Waals surface area contributed by atoms with Crippen molar-refractivity contribution in [1.29, 1.82) is 0 Å². The van der Waals surface area contributed by atoms with Crippen LogP contribution in [0.5, 0.6) is 0 Å². The highest BCUT2D eigenvalue weighted by Gasteiger charge is 2.30. The van der Waals surface area contributed by atoms with Crippen molar-refractivity contribution in [1.82, 2.24) is 0 Å². The molecule has 0 fully saturated rings. The summed E-state index contributed by atoms with van der Waals surface area (Å²) in [5, 5.41) is 3.43. The molecule has 0 radical (unpaired) electrons. The number of carbonyl (C=O) groups excluding carboxylic acids is 2. The minimum atomic E-state index is -2.84. The first-order valence-corrected chi connectivity index (χ1v) is 11.3. The van der Waals surface area contributed by atoms with Gasteiger partial charge in [-0.1, -0.05) is 31.8 Å². The molecule has 10 heteroatoms. The first kappa shape index (κ1) is 24.4. The minimum absolute atomic E-state index is 0.207. The van der Waals surface area contributed by atoms with Crippen LogP contribution in [-0.2, 0) is 28.2 Å². The van der Waals surface area contributed by atoms with Gasteiger partial charge in [-0.2, -0.15) is 0 Å². The third-order valence-corrected chi connectivity index (χ3v) is 4.09. The molecule has 0 aromatic carbocycles. The summed E-state index contributed by atoms with van der Waals surface area (Å²) < 4.78 is 27.8. The van der Waals surface area contributed by atoms with Crippen molar-refractivity contribution in [3.63, 3.8) is 0 Å². The van der Waals surface area contributed by atoms with Crippen molar-refractivity contribution in [3.8, 4) is 0 Å². The fraction of sp³-hybridized carbons (Fsp3) is 0.875. The summed E-state index contributed by atoms with van der Waals surface area (Å²) in [6.07, 6.45) is 1.39. The third kappa shape index (κ3) is 12.8. The molecular weight excluding hydrogens is 361 g/mol. The maximum absolute atomic E-state index is 12.0. The summed E-state index contributed by atoms with van der Waals surface area (Å²) >= 11 is 0. The lowest BCUT2D eigenvalue weighted by atomic mass is 10.2. The standard InChI is InChI=1S/C16H30N3O6P/c1-5-7-9-15(20)24-13(11-18-19-17)14(12-23-26(3,4)22)25-16(21)10-8-6-2/h13-14H,5-12H2,1-4H3/t13-,14-/m0/s1. The number of hydrogen-bond acceptors (Lipinski definition) is 7. The number of esters is 2. The van der Waals surface area contributed by atoms with E-state index in [9.17, 15) is 14.2 Å². The van der Waals surface area contributed by atoms with E-state index in [-0.39, 0.29) is 26.0 Å². The topological polar surface area (TPSA) is 128 Å². The van der Waals surface area contributed by atoms with Gasteiger partial charge in [0, 0.05) is 31.1 Å². The summed E-state index contributed by atoms with van der Waals surface area (Å²) in [5.74, 6) is -0.950. The van der Waals surface area contributed by atoms with Gasteiger partial charge in [-0.25, -0.2) is 0 Å². The number of azide groups is 1. The molecule has 0 spiro atoms. The van der Waals surface area contributed by atoms with Crippen molar-refractivity contribution in [3.05, 3.63) is 10.4 Å². The third-order valence-electron chi connectivity index (χ3n) is 3.32. The van der Waals surface area contributed by atoms with E-state index in [1.165, 1.54) is 13.3 Å². The van der Waals surface area contributed by atoms with Crippen LogP contribution in [0.25, 0.3) is 10.4 Å². The molecule has 0 rings (SSSR count). The van der Waals surface area contributed by atoms with Crippen LogP contribution >= 0.6 is 7.37 Å². The molecule has 0 saturated carbocycles. The highest BCUT2D eigenvalue weighted by molar-refractivity contribution is 7.57. The Bertz CT molecular complexity index is 530. The maximum atomic E-state index is 12.0. The van der Waals surface area contributed by atoms with Gasteiger partial charge in [0.05, 0.1) is 13.2 Å². The van der Waals surface area contributed by atoms with E-state index in [0.29, 0.717) is 12.8 Å². The molecule has 0 aromatic rings. The number of rotatable bonds is 14. The molecule has 0 amide bonds. The van der Waals surface area contributed by atoms with Gasteiger partial charge in [0.1, 0.15) is 6.10 Å². The first-order chi connectivity index (χ1) is 12.2. The van der Waals surface area contributed by atoms with Crippen LogP contribution in [0.4, 0.5) is 0 Å². The highest BCUT2D eigenvalue weighted by Crippen LogP contribution is 2.37. The predicted octanol–water partition coefficient (Wildman–Crippen LogP) is 4.06. The van der Waals surface area contributed by atoms with Crippen molar-refractivity contribution in [2.24, 2.45) is 5.11 Å². The van der Waals surface area contributed by atoms with E-state index >= 15 is 0 Å². The summed E-state index contributed by atoms with van der Waals surface area (Å²) in [4.78, 5) is 26.6. The molecule has 0 aliphatic carbocycles. The van der Waals surface area contributed by atoms with Crippen LogP contribution in [0.3, 0.4) is 0 Å². The predicted molar refractivity (Wildman–Crippen MR) is 98.2 cm³/mol. The molecule has 0 aliphatic heterocycles. The monoisotopic (exact) mass is 391 g/mol. The number of nitrogens with zero attached hydrogens (tertiary/aromatic N) is 3. The molecule has 0 aliphatic rings. The molecular formula is C16H30N3O6P. The molecule has 0 N–H and O–H groups in total. The lowest BCUT2D eigenvalue weighted by molar-refractivity contribution is -0.169. The average Bonchev–Trinajstić information content (AvgIpc) is 2.57. The van der Waals surface area contributed by atoms with Gasteiger partial charge < -0.3 is 14.0 Å². The van der Waals surface area contributed by atoms with Crippen LogP contribution in [0.2, 0.25) is 0 Å². The van der Waals surface area contributed by atoms with Crippen LogP contribution < -0.4 is 0 Å². The zero-order valence-corrected chi connectivity index (χ0v) is 16.9. The number of unbranched alkanes of at least 4 members (excludes halogenated alkanes) is 2. The van der Waals surface area contributed by atoms with Crippen molar-refractivity contribution < 1.29 is 28.2 Å². The lowest BCUT2D eigenvalue weighted by Crippen LogP contribution is -2.40. The Morgan fingerprint density at radius 3 is 1.96 bits per heavy atom. The zero-order valence-electron chi connectivity index (χ0n) is 16.0. The summed E-state index contributed by atoms with van der Waals surface area (Å²) in [6, 6.07) is 0. The number of hydrogen-bond donors (Lipinski definition) is 0. The van der Waals surface area contributed by atoms with E-state index in [1.54, 1.807) is 0 Å². The van der Waals surface area contributed by atoms with E-state index in [2.05, 4.69) is 10.0 Å². The van der Waals surface area contributed by atoms with Gasteiger partial charge in [-0.15, -0.1) is 0 Å². The Kier molecular flexibility index (Phi) is 12.8. The molecule has 0 saturated heterocycles. The number of ether oxygens (including phenoxy) is 2. The van der Waals surface area contributed by atoms with E-state index in [1.807, 2.05) is 13.8 Å². The summed E-state index contributed by atoms with van der Waals surface area (Å²) in [5.41, 5.74) is 8.56. The Labute approximate surface area is 154 Å². The molecule has 2 atom stereocenters. The van der Waals surface area contributed by atoms with Gasteiger partial charge >= 0.3 is 11.9 Å². The lowest BCUT2D eigenvalue weighted by Gasteiger charge is -2.26. The second kappa shape index (κ2) is 13.6. The van der Waals surface area contributed by atoms with Crippen molar-refractivity contribution in [2.75, 3.05) is 26.5 Å². The van der Waals surface area contributed by atoms with Gasteiger partial charge in [0.15, 0.2) is 13.5 Å². The Morgan fingerprint density at radius 2 is 1.54 bits per heavy atom. The Morgan fingerprint density at radius 1 is 1.04 bits per heavy atom. The molecule has 0 aromatic heterocycles. The minimum Gasteiger partial charge on any atom is -0.458 e. The quantitative estimate of drug-likeness (QED) is 0.144. The largest absolute Gasteiger partial charge is 0.458 e. The van der Waals surface area contributed by atoms with Gasteiger partial charge in [-0.05, 0) is 18.4 Å².